The van der Waals surface area contributed by atoms with Gasteiger partial charge >= 0.3 is 6.18 Å². The van der Waals surface area contributed by atoms with E-state index >= 15 is 22.0 Å². The minimum atomic E-state index is -5.07. The van der Waals surface area contributed by atoms with Crippen LogP contribution >= 0.6 is 0 Å². The first kappa shape index (κ1) is 47.1. The molecule has 0 saturated heterocycles. The molecule has 6 aromatic carbocycles. The van der Waals surface area contributed by atoms with Crippen LogP contribution in [0.25, 0.3) is 11.1 Å². The molecule has 0 spiro atoms. The minimum absolute atomic E-state index is 0.0482. The summed E-state index contributed by atoms with van der Waals surface area (Å²) in [7, 11) is -3.50. The van der Waals surface area contributed by atoms with Gasteiger partial charge in [-0.1, -0.05) is 36.4 Å². The van der Waals surface area contributed by atoms with Gasteiger partial charge in [0.05, 0.1) is 43.9 Å². The molecule has 0 aromatic heterocycles. The number of alkyl halides is 3. The summed E-state index contributed by atoms with van der Waals surface area (Å²) in [5, 5.41) is 6.02. The van der Waals surface area contributed by atoms with Crippen molar-refractivity contribution in [3.8, 4) is 11.1 Å². The molecule has 2 heterocycles. The highest BCUT2D eigenvalue weighted by Gasteiger charge is 2.56. The normalized spacial score (nSPS) is 16.4. The van der Waals surface area contributed by atoms with Crippen molar-refractivity contribution in [2.75, 3.05) is 16.7 Å². The van der Waals surface area contributed by atoms with Gasteiger partial charge in [-0.25, -0.2) is 31.4 Å². The van der Waals surface area contributed by atoms with E-state index in [1.165, 1.54) is 52.1 Å². The predicted octanol–water partition coefficient (Wildman–Crippen LogP) is 8.96. The molecule has 1 aliphatic carbocycles. The van der Waals surface area contributed by atoms with Crippen molar-refractivity contribution in [1.82, 2.24) is 4.90 Å². The molecule has 2 atom stereocenters. The van der Waals surface area contributed by atoms with Crippen molar-refractivity contribution in [3.05, 3.63) is 180 Å². The zero-order valence-corrected chi connectivity index (χ0v) is 39.2. The number of hydrogen-bond donors (Lipinski definition) is 3. The molecule has 12 nitrogen and oxygen atoms in total. The van der Waals surface area contributed by atoms with E-state index in [4.69, 9.17) is 5.14 Å². The monoisotopic (exact) mass is 982 g/mol. The number of fused-ring (bicyclic) bond motifs is 5. The minimum Gasteiger partial charge on any atom is -0.289 e. The number of imide groups is 2. The lowest BCUT2D eigenvalue weighted by Crippen LogP contribution is -2.41. The molecule has 0 bridgehead atoms. The van der Waals surface area contributed by atoms with Gasteiger partial charge in [0.2, 0.25) is 10.0 Å². The van der Waals surface area contributed by atoms with E-state index in [0.29, 0.717) is 27.2 Å². The van der Waals surface area contributed by atoms with Crippen molar-refractivity contribution in [2.24, 2.45) is 5.14 Å². The second-order valence-electron chi connectivity index (χ2n) is 17.7. The molecule has 3 aliphatic rings. The number of rotatable bonds is 8. The lowest BCUT2D eigenvalue weighted by atomic mass is 9.65. The highest BCUT2D eigenvalue weighted by Crippen LogP contribution is 2.61. The van der Waals surface area contributed by atoms with Crippen molar-refractivity contribution in [1.29, 1.82) is 0 Å². The molecule has 4 amide bonds. The molecule has 19 heteroatoms. The zero-order chi connectivity index (χ0) is 50.3. The van der Waals surface area contributed by atoms with Crippen LogP contribution in [0.2, 0.25) is 0 Å². The van der Waals surface area contributed by atoms with Gasteiger partial charge in [-0.15, -0.1) is 0 Å². The number of hydrogen-bond acceptors (Lipinski definition) is 7. The lowest BCUT2D eigenvalue weighted by Gasteiger charge is -2.38. The third-order valence-corrected chi connectivity index (χ3v) is 15.6. The van der Waals surface area contributed by atoms with E-state index in [1.54, 1.807) is 13.8 Å². The predicted molar refractivity (Wildman–Crippen MR) is 246 cm³/mol. The van der Waals surface area contributed by atoms with Gasteiger partial charge in [0, 0.05) is 7.05 Å². The molecule has 0 fully saturated rings. The Bertz CT molecular complexity index is 3490. The lowest BCUT2D eigenvalue weighted by molar-refractivity contribution is -0.173. The molecule has 0 saturated carbocycles. The van der Waals surface area contributed by atoms with Crippen LogP contribution in [0.15, 0.2) is 89.8 Å². The Morgan fingerprint density at radius 3 is 1.59 bits per heavy atom. The van der Waals surface area contributed by atoms with E-state index in [2.05, 4.69) is 4.72 Å². The van der Waals surface area contributed by atoms with Gasteiger partial charge in [0.1, 0.15) is 17.0 Å². The first-order valence-corrected chi connectivity index (χ1v) is 23.7. The van der Waals surface area contributed by atoms with Crippen LogP contribution in [-0.4, -0.2) is 58.9 Å². The molecule has 69 heavy (non-hydrogen) atoms. The second kappa shape index (κ2) is 15.5. The summed E-state index contributed by atoms with van der Waals surface area (Å²) in [5.41, 5.74) is -5.41. The summed E-state index contributed by atoms with van der Waals surface area (Å²) in [6.45, 7) is 8.57. The van der Waals surface area contributed by atoms with Crippen molar-refractivity contribution in [2.45, 2.75) is 63.4 Å². The number of aryl methyl sites for hydroxylation is 2. The maximum atomic E-state index is 15.8. The van der Waals surface area contributed by atoms with Crippen LogP contribution in [0.3, 0.4) is 0 Å². The van der Waals surface area contributed by atoms with Crippen LogP contribution in [0.1, 0.15) is 110 Å². The van der Waals surface area contributed by atoms with Crippen LogP contribution < -0.4 is 14.8 Å². The van der Waals surface area contributed by atoms with Crippen LogP contribution in [-0.2, 0) is 32.1 Å². The quantitative estimate of drug-likeness (QED) is 0.0766. The van der Waals surface area contributed by atoms with Gasteiger partial charge in [0.15, 0.2) is 0 Å². The number of benzene rings is 6. The summed E-state index contributed by atoms with van der Waals surface area (Å²) >= 11 is -2.97. The number of primary sulfonamides is 1. The third-order valence-electron chi connectivity index (χ3n) is 14.1. The Kier molecular flexibility index (Phi) is 10.6. The number of amides is 4. The van der Waals surface area contributed by atoms with Crippen molar-refractivity contribution >= 4 is 56.3 Å². The number of nitrogens with two attached hydrogens (primary N) is 1. The Labute approximate surface area is 394 Å². The smallest absolute Gasteiger partial charge is 0.289 e. The van der Waals surface area contributed by atoms with Gasteiger partial charge in [-0.2, -0.15) is 13.2 Å². The second-order valence-corrected chi connectivity index (χ2v) is 19.9. The Hall–Kier alpha value is -6.93. The molecule has 0 radical (unpaired) electrons. The number of anilines is 2. The molecular weight excluding hydrogens is 944 g/mol. The summed E-state index contributed by atoms with van der Waals surface area (Å²) in [6.07, 6.45) is -5.07. The first-order chi connectivity index (χ1) is 32.2. The van der Waals surface area contributed by atoms with E-state index in [-0.39, 0.29) is 67.0 Å². The van der Waals surface area contributed by atoms with Crippen molar-refractivity contribution in [3.63, 3.8) is 0 Å². The summed E-state index contributed by atoms with van der Waals surface area (Å²) in [6, 6.07) is 16.6. The molecule has 4 N–H and O–H groups in total. The van der Waals surface area contributed by atoms with Gasteiger partial charge in [-0.3, -0.25) is 33.4 Å². The Morgan fingerprint density at radius 1 is 0.623 bits per heavy atom. The summed E-state index contributed by atoms with van der Waals surface area (Å²) in [5.74, 6) is -5.12. The average Bonchev–Trinajstić information content (AvgIpc) is 3.78. The molecule has 9 rings (SSSR count). The highest BCUT2D eigenvalue weighted by atomic mass is 32.2. The van der Waals surface area contributed by atoms with E-state index in [1.807, 2.05) is 0 Å². The standard InChI is InChI=1S/C50H39F5N4O8S2/c1-22-16-40(43(69(56,66)67)25(4)24(22)3)49(37-20-29(51)10-14-31(37)32-15-11-30(52)21-38(32)49)39-17-23(2)42(26(5)41(39)57-68(64)65)59-46(62)34-13-9-28(19-36(34)47(59)63)48(6,50(53,54)55)27-8-12-33-35(18-27)45(61)58(7)44(33)60/h8-21,57H,1-7H3,(H,64,65)(H2,56,66,67). The fourth-order valence-corrected chi connectivity index (χ4v) is 12.0. The fourth-order valence-electron chi connectivity index (χ4n) is 10.5. The molecule has 6 aromatic rings. The average molecular weight is 983 g/mol. The number of carbonyl (C=O) groups excluding carboxylic acids is 4. The summed E-state index contributed by atoms with van der Waals surface area (Å²) in [4.78, 5) is 55.8. The molecule has 354 valence electrons. The van der Waals surface area contributed by atoms with Crippen molar-refractivity contribution < 1.29 is 58.3 Å². The van der Waals surface area contributed by atoms with Crippen LogP contribution in [0.5, 0.6) is 0 Å². The zero-order valence-electron chi connectivity index (χ0n) is 37.6. The number of nitrogens with one attached hydrogen (secondary N) is 1. The Morgan fingerprint density at radius 2 is 1.09 bits per heavy atom. The fraction of sp³-hybridized carbons (Fsp3) is 0.200. The third kappa shape index (κ3) is 6.57. The van der Waals surface area contributed by atoms with E-state index in [9.17, 15) is 36.4 Å². The number of sulfonamides is 1. The van der Waals surface area contributed by atoms with E-state index < -0.39 is 95.1 Å². The number of halogens is 5. The SMILES string of the molecule is Cc1cc(C2(c3cc(C)c(N4C(=O)c5ccc(C(C)(c6ccc7c(c6)C(=O)N(C)C7=O)C(F)(F)F)cc5C4=O)c(C)c3NS(=O)O)c3cc(F)ccc3-c3ccc(F)cc32)c(S(N)(=O)=O)c(C)c1C. The first-order valence-electron chi connectivity index (χ1n) is 21.0. The van der Waals surface area contributed by atoms with Gasteiger partial charge in [-0.05, 0) is 162 Å². The van der Waals surface area contributed by atoms with Gasteiger partial charge < -0.3 is 0 Å². The summed E-state index contributed by atoms with van der Waals surface area (Å²) < 4.78 is 132. The van der Waals surface area contributed by atoms with E-state index in [0.717, 1.165) is 72.5 Å². The van der Waals surface area contributed by atoms with Crippen LogP contribution in [0, 0.1) is 46.3 Å². The number of nitrogens with zero attached hydrogens (tertiary/aromatic N) is 2. The molecular formula is C50H39F5N4O8S2. The van der Waals surface area contributed by atoms with Gasteiger partial charge in [0.25, 0.3) is 34.9 Å². The molecule has 2 aliphatic heterocycles. The Balaban J connectivity index is 1.30. The maximum Gasteiger partial charge on any atom is 0.402 e. The van der Waals surface area contributed by atoms with Crippen LogP contribution in [0.4, 0.5) is 33.3 Å². The number of carbonyl (C=O) groups is 4. The largest absolute Gasteiger partial charge is 0.402 e. The maximum absolute atomic E-state index is 15.8. The highest BCUT2D eigenvalue weighted by molar-refractivity contribution is 7.89. The topological polar surface area (TPSA) is 184 Å². The molecule has 2 unspecified atom stereocenters.